The second-order valence-electron chi connectivity index (χ2n) is 4.13. The SMILES string of the molecule is Cn1c(Cl)nc(Cl)c1CN1CCCC1CO. The first-order valence-electron chi connectivity index (χ1n) is 5.35. The Bertz CT molecular complexity index is 380. The molecule has 1 aromatic heterocycles. The Morgan fingerprint density at radius 1 is 1.50 bits per heavy atom. The molecule has 16 heavy (non-hydrogen) atoms. The number of likely N-dealkylation sites (tertiary alicyclic amines) is 1. The van der Waals surface area contributed by atoms with Gasteiger partial charge in [-0.25, -0.2) is 4.98 Å². The molecule has 0 amide bonds. The van der Waals surface area contributed by atoms with Crippen molar-refractivity contribution in [2.75, 3.05) is 13.2 Å². The first kappa shape index (κ1) is 12.2. The number of aliphatic hydroxyl groups is 1. The lowest BCUT2D eigenvalue weighted by Gasteiger charge is -2.22. The molecule has 90 valence electrons. The average Bonchev–Trinajstić information content (AvgIpc) is 2.79. The molecule has 1 fully saturated rings. The summed E-state index contributed by atoms with van der Waals surface area (Å²) in [5.74, 6) is 0. The summed E-state index contributed by atoms with van der Waals surface area (Å²) in [5.41, 5.74) is 0.909. The number of hydrogen-bond donors (Lipinski definition) is 1. The number of nitrogens with zero attached hydrogens (tertiary/aromatic N) is 3. The maximum atomic E-state index is 9.24. The van der Waals surface area contributed by atoms with Crippen LogP contribution >= 0.6 is 23.2 Å². The van der Waals surface area contributed by atoms with E-state index in [2.05, 4.69) is 9.88 Å². The molecule has 0 saturated carbocycles. The van der Waals surface area contributed by atoms with E-state index < -0.39 is 0 Å². The fourth-order valence-corrected chi connectivity index (χ4v) is 2.64. The molecule has 1 atom stereocenters. The number of imidazole rings is 1. The molecule has 1 unspecified atom stereocenters. The van der Waals surface area contributed by atoms with Crippen LogP contribution in [0, 0.1) is 0 Å². The van der Waals surface area contributed by atoms with E-state index in [1.165, 1.54) is 0 Å². The van der Waals surface area contributed by atoms with Gasteiger partial charge in [0.15, 0.2) is 5.15 Å². The molecule has 0 aromatic carbocycles. The van der Waals surface area contributed by atoms with Gasteiger partial charge in [0.25, 0.3) is 0 Å². The van der Waals surface area contributed by atoms with E-state index in [1.807, 2.05) is 7.05 Å². The molecule has 0 bridgehead atoms. The lowest BCUT2D eigenvalue weighted by Crippen LogP contribution is -2.32. The Hall–Kier alpha value is -0.290. The van der Waals surface area contributed by atoms with Crippen LogP contribution in [-0.2, 0) is 13.6 Å². The lowest BCUT2D eigenvalue weighted by molar-refractivity contribution is 0.151. The third kappa shape index (κ3) is 2.20. The molecular formula is C10H15Cl2N3O. The fourth-order valence-electron chi connectivity index (χ4n) is 2.14. The minimum Gasteiger partial charge on any atom is -0.395 e. The highest BCUT2D eigenvalue weighted by atomic mass is 35.5. The van der Waals surface area contributed by atoms with Crippen molar-refractivity contribution in [2.45, 2.75) is 25.4 Å². The third-order valence-corrected chi connectivity index (χ3v) is 3.81. The molecule has 6 heteroatoms. The fraction of sp³-hybridized carbons (Fsp3) is 0.700. The minimum absolute atomic E-state index is 0.198. The van der Waals surface area contributed by atoms with E-state index in [0.29, 0.717) is 17.0 Å². The van der Waals surface area contributed by atoms with Gasteiger partial charge in [-0.2, -0.15) is 0 Å². The summed E-state index contributed by atoms with van der Waals surface area (Å²) in [7, 11) is 1.85. The maximum Gasteiger partial charge on any atom is 0.204 e. The van der Waals surface area contributed by atoms with Crippen molar-refractivity contribution in [1.82, 2.24) is 14.5 Å². The Labute approximate surface area is 105 Å². The lowest BCUT2D eigenvalue weighted by atomic mass is 10.2. The monoisotopic (exact) mass is 263 g/mol. The highest BCUT2D eigenvalue weighted by Gasteiger charge is 2.25. The van der Waals surface area contributed by atoms with Crippen LogP contribution in [0.4, 0.5) is 0 Å². The quantitative estimate of drug-likeness (QED) is 0.903. The number of halogens is 2. The van der Waals surface area contributed by atoms with Crippen LogP contribution in [0.15, 0.2) is 0 Å². The molecule has 0 aliphatic carbocycles. The van der Waals surface area contributed by atoms with Crippen LogP contribution in [0.2, 0.25) is 10.4 Å². The van der Waals surface area contributed by atoms with Gasteiger partial charge in [-0.05, 0) is 31.0 Å². The van der Waals surface area contributed by atoms with Crippen LogP contribution in [0.5, 0.6) is 0 Å². The molecular weight excluding hydrogens is 249 g/mol. The Balaban J connectivity index is 2.14. The van der Waals surface area contributed by atoms with Crippen molar-refractivity contribution < 1.29 is 5.11 Å². The van der Waals surface area contributed by atoms with Crippen LogP contribution in [-0.4, -0.2) is 38.8 Å². The zero-order chi connectivity index (χ0) is 11.7. The van der Waals surface area contributed by atoms with E-state index >= 15 is 0 Å². The summed E-state index contributed by atoms with van der Waals surface area (Å²) < 4.78 is 1.79. The van der Waals surface area contributed by atoms with E-state index in [9.17, 15) is 5.11 Å². The molecule has 1 aromatic rings. The number of aliphatic hydroxyl groups excluding tert-OH is 1. The van der Waals surface area contributed by atoms with Gasteiger partial charge < -0.3 is 9.67 Å². The average molecular weight is 264 g/mol. The topological polar surface area (TPSA) is 41.3 Å². The van der Waals surface area contributed by atoms with Gasteiger partial charge in [-0.1, -0.05) is 11.6 Å². The summed E-state index contributed by atoms with van der Waals surface area (Å²) in [6, 6.07) is 0.241. The molecule has 1 aliphatic heterocycles. The number of aromatic nitrogens is 2. The third-order valence-electron chi connectivity index (χ3n) is 3.17. The molecule has 4 nitrogen and oxygen atoms in total. The van der Waals surface area contributed by atoms with Crippen LogP contribution in [0.25, 0.3) is 0 Å². The molecule has 2 rings (SSSR count). The zero-order valence-electron chi connectivity index (χ0n) is 9.16. The Kier molecular flexibility index (Phi) is 3.74. The van der Waals surface area contributed by atoms with Crippen molar-refractivity contribution in [3.05, 3.63) is 16.1 Å². The van der Waals surface area contributed by atoms with Gasteiger partial charge in [-0.3, -0.25) is 4.90 Å². The smallest absolute Gasteiger partial charge is 0.204 e. The van der Waals surface area contributed by atoms with E-state index in [1.54, 1.807) is 4.57 Å². The summed E-state index contributed by atoms with van der Waals surface area (Å²) in [5, 5.41) is 10.1. The molecule has 1 N–H and O–H groups in total. The Morgan fingerprint density at radius 2 is 2.25 bits per heavy atom. The Morgan fingerprint density at radius 3 is 2.81 bits per heavy atom. The van der Waals surface area contributed by atoms with Gasteiger partial charge in [0.1, 0.15) is 0 Å². The van der Waals surface area contributed by atoms with Crippen LogP contribution in [0.3, 0.4) is 0 Å². The highest BCUT2D eigenvalue weighted by Crippen LogP contribution is 2.25. The predicted molar refractivity (Wildman–Crippen MR) is 63.7 cm³/mol. The second kappa shape index (κ2) is 4.92. The van der Waals surface area contributed by atoms with Crippen LogP contribution < -0.4 is 0 Å². The minimum atomic E-state index is 0.198. The summed E-state index contributed by atoms with van der Waals surface area (Å²) in [6.45, 7) is 1.88. The summed E-state index contributed by atoms with van der Waals surface area (Å²) in [6.07, 6.45) is 2.16. The van der Waals surface area contributed by atoms with Gasteiger partial charge in [-0.15, -0.1) is 0 Å². The highest BCUT2D eigenvalue weighted by molar-refractivity contribution is 6.32. The van der Waals surface area contributed by atoms with E-state index in [-0.39, 0.29) is 12.6 Å². The molecule has 0 radical (unpaired) electrons. The molecule has 2 heterocycles. The van der Waals surface area contributed by atoms with E-state index in [4.69, 9.17) is 23.2 Å². The molecule has 1 saturated heterocycles. The standard InChI is InChI=1S/C10H15Cl2N3O/c1-14-8(9(11)13-10(14)12)5-15-4-2-3-7(15)6-16/h7,16H,2-6H2,1H3. The maximum absolute atomic E-state index is 9.24. The van der Waals surface area contributed by atoms with E-state index in [0.717, 1.165) is 25.1 Å². The molecule has 0 spiro atoms. The van der Waals surface area contributed by atoms with Gasteiger partial charge in [0.05, 0.1) is 12.3 Å². The number of rotatable bonds is 3. The van der Waals surface area contributed by atoms with Crippen molar-refractivity contribution >= 4 is 23.2 Å². The normalized spacial score (nSPS) is 21.9. The first-order valence-corrected chi connectivity index (χ1v) is 6.10. The van der Waals surface area contributed by atoms with Crippen molar-refractivity contribution in [1.29, 1.82) is 0 Å². The van der Waals surface area contributed by atoms with Crippen molar-refractivity contribution in [3.63, 3.8) is 0 Å². The first-order chi connectivity index (χ1) is 7.63. The largest absolute Gasteiger partial charge is 0.395 e. The van der Waals surface area contributed by atoms with Crippen molar-refractivity contribution in [2.24, 2.45) is 7.05 Å². The van der Waals surface area contributed by atoms with Gasteiger partial charge in [0, 0.05) is 19.6 Å². The van der Waals surface area contributed by atoms with Crippen LogP contribution in [0.1, 0.15) is 18.5 Å². The van der Waals surface area contributed by atoms with Gasteiger partial charge >= 0.3 is 0 Å². The molecule has 1 aliphatic rings. The second-order valence-corrected chi connectivity index (χ2v) is 4.82. The van der Waals surface area contributed by atoms with Crippen molar-refractivity contribution in [3.8, 4) is 0 Å². The summed E-state index contributed by atoms with van der Waals surface area (Å²) >= 11 is 11.9. The van der Waals surface area contributed by atoms with Gasteiger partial charge in [0.2, 0.25) is 5.28 Å². The number of hydrogen-bond acceptors (Lipinski definition) is 3. The zero-order valence-corrected chi connectivity index (χ0v) is 10.7. The summed E-state index contributed by atoms with van der Waals surface area (Å²) in [4.78, 5) is 6.23. The predicted octanol–water partition coefficient (Wildman–Crippen LogP) is 1.68.